The number of allylic oxidation sites excluding steroid dienone is 1. The SMILES string of the molecule is COc1cc([C@H](C)NC(=O)N2CCN(c3ncnc4c3C=C(c3ccc(F)cc3)C4)C[C@H]2C)ccc1Cl. The van der Waals surface area contributed by atoms with Crippen molar-refractivity contribution in [3.8, 4) is 5.75 Å². The van der Waals surface area contributed by atoms with E-state index in [2.05, 4.69) is 26.3 Å². The van der Waals surface area contributed by atoms with Crippen LogP contribution in [0.5, 0.6) is 5.75 Å². The highest BCUT2D eigenvalue weighted by Crippen LogP contribution is 2.35. The summed E-state index contributed by atoms with van der Waals surface area (Å²) in [6, 6.07) is 11.7. The standard InChI is InChI=1S/C28H29ClFN5O2/c1-17-15-34(10-11-35(17)28(36)33-18(2)20-6-9-24(29)26(14-20)37-3)27-23-12-21(13-25(23)31-16-32-27)19-4-7-22(30)8-5-19/h4-9,12,14,16-18H,10-11,13,15H2,1-3H3,(H,33,36)/t17-,18+/m1/s1. The number of carbonyl (C=O) groups is 1. The molecule has 7 nitrogen and oxygen atoms in total. The number of aromatic nitrogens is 2. The fraction of sp³-hybridized carbons (Fsp3) is 0.321. The summed E-state index contributed by atoms with van der Waals surface area (Å²) in [7, 11) is 1.57. The first kappa shape index (κ1) is 25.0. The Labute approximate surface area is 220 Å². The van der Waals surface area contributed by atoms with Crippen molar-refractivity contribution >= 4 is 35.1 Å². The zero-order valence-corrected chi connectivity index (χ0v) is 21.8. The second-order valence-electron chi connectivity index (χ2n) is 9.46. The fourth-order valence-corrected chi connectivity index (χ4v) is 5.16. The molecule has 1 fully saturated rings. The Kier molecular flexibility index (Phi) is 7.02. The van der Waals surface area contributed by atoms with Crippen LogP contribution >= 0.6 is 11.6 Å². The number of piperazine rings is 1. The van der Waals surface area contributed by atoms with E-state index in [0.29, 0.717) is 36.8 Å². The third-order valence-electron chi connectivity index (χ3n) is 7.04. The van der Waals surface area contributed by atoms with Crippen molar-refractivity contribution in [3.63, 3.8) is 0 Å². The lowest BCUT2D eigenvalue weighted by atomic mass is 10.1. The molecule has 192 valence electrons. The third kappa shape index (κ3) is 5.11. The van der Waals surface area contributed by atoms with Crippen LogP contribution in [-0.4, -0.2) is 53.7 Å². The van der Waals surface area contributed by atoms with Crippen LogP contribution in [0.15, 0.2) is 48.8 Å². The van der Waals surface area contributed by atoms with Crippen molar-refractivity contribution in [2.24, 2.45) is 0 Å². The Hall–Kier alpha value is -3.65. The Morgan fingerprint density at radius 3 is 2.70 bits per heavy atom. The van der Waals surface area contributed by atoms with Crippen LogP contribution in [0.4, 0.5) is 15.0 Å². The quantitative estimate of drug-likeness (QED) is 0.489. The zero-order chi connectivity index (χ0) is 26.1. The molecule has 0 spiro atoms. The summed E-state index contributed by atoms with van der Waals surface area (Å²) in [6.45, 7) is 5.86. The number of nitrogens with one attached hydrogen (secondary N) is 1. The minimum Gasteiger partial charge on any atom is -0.495 e. The van der Waals surface area contributed by atoms with E-state index in [9.17, 15) is 9.18 Å². The van der Waals surface area contributed by atoms with Crippen LogP contribution in [0.3, 0.4) is 0 Å². The Morgan fingerprint density at radius 1 is 1.19 bits per heavy atom. The van der Waals surface area contributed by atoms with Gasteiger partial charge in [-0.3, -0.25) is 0 Å². The van der Waals surface area contributed by atoms with E-state index in [-0.39, 0.29) is 23.9 Å². The van der Waals surface area contributed by atoms with Crippen LogP contribution in [-0.2, 0) is 6.42 Å². The lowest BCUT2D eigenvalue weighted by Crippen LogP contribution is -2.57. The number of hydrogen-bond acceptors (Lipinski definition) is 5. The van der Waals surface area contributed by atoms with Crippen molar-refractivity contribution in [2.45, 2.75) is 32.4 Å². The highest BCUT2D eigenvalue weighted by atomic mass is 35.5. The van der Waals surface area contributed by atoms with Gasteiger partial charge in [-0.25, -0.2) is 19.2 Å². The van der Waals surface area contributed by atoms with Crippen molar-refractivity contribution in [1.29, 1.82) is 0 Å². The molecule has 9 heteroatoms. The second kappa shape index (κ2) is 10.4. The third-order valence-corrected chi connectivity index (χ3v) is 7.35. The number of methoxy groups -OCH3 is 1. The number of fused-ring (bicyclic) bond motifs is 1. The second-order valence-corrected chi connectivity index (χ2v) is 9.87. The van der Waals surface area contributed by atoms with E-state index in [4.69, 9.17) is 16.3 Å². The molecule has 1 aliphatic carbocycles. The van der Waals surface area contributed by atoms with Crippen LogP contribution in [0.2, 0.25) is 5.02 Å². The van der Waals surface area contributed by atoms with Gasteiger partial charge in [0.25, 0.3) is 0 Å². The smallest absolute Gasteiger partial charge is 0.318 e. The first-order valence-electron chi connectivity index (χ1n) is 12.3. The van der Waals surface area contributed by atoms with Gasteiger partial charge in [-0.1, -0.05) is 29.8 Å². The van der Waals surface area contributed by atoms with Crippen molar-refractivity contribution in [3.05, 3.63) is 82.0 Å². The van der Waals surface area contributed by atoms with E-state index in [1.165, 1.54) is 12.1 Å². The molecule has 37 heavy (non-hydrogen) atoms. The maximum Gasteiger partial charge on any atom is 0.318 e. The molecule has 0 radical (unpaired) electrons. The number of urea groups is 1. The summed E-state index contributed by atoms with van der Waals surface area (Å²) in [4.78, 5) is 26.3. The zero-order valence-electron chi connectivity index (χ0n) is 21.0. The van der Waals surface area contributed by atoms with Gasteiger partial charge >= 0.3 is 6.03 Å². The van der Waals surface area contributed by atoms with Gasteiger partial charge in [0.2, 0.25) is 0 Å². The molecule has 5 rings (SSSR count). The summed E-state index contributed by atoms with van der Waals surface area (Å²) >= 11 is 6.14. The van der Waals surface area contributed by atoms with Gasteiger partial charge in [0.15, 0.2) is 0 Å². The lowest BCUT2D eigenvalue weighted by Gasteiger charge is -2.41. The molecule has 2 atom stereocenters. The normalized spacial score (nSPS) is 17.8. The van der Waals surface area contributed by atoms with Gasteiger partial charge in [-0.2, -0.15) is 0 Å². The molecule has 1 aromatic heterocycles. The molecule has 1 saturated heterocycles. The highest BCUT2D eigenvalue weighted by Gasteiger charge is 2.31. The van der Waals surface area contributed by atoms with E-state index in [1.54, 1.807) is 31.6 Å². The maximum absolute atomic E-state index is 13.4. The summed E-state index contributed by atoms with van der Waals surface area (Å²) in [5.74, 6) is 1.20. The minimum absolute atomic E-state index is 0.0201. The first-order valence-corrected chi connectivity index (χ1v) is 12.7. The molecule has 0 bridgehead atoms. The van der Waals surface area contributed by atoms with Crippen LogP contribution < -0.4 is 15.0 Å². The van der Waals surface area contributed by atoms with Gasteiger partial charge in [0.1, 0.15) is 23.7 Å². The number of amides is 2. The van der Waals surface area contributed by atoms with E-state index < -0.39 is 0 Å². The molecule has 2 aromatic carbocycles. The summed E-state index contributed by atoms with van der Waals surface area (Å²) in [6.07, 6.45) is 4.38. The summed E-state index contributed by atoms with van der Waals surface area (Å²) in [5, 5.41) is 3.63. The number of ether oxygens (including phenoxy) is 1. The van der Waals surface area contributed by atoms with Crippen LogP contribution in [0, 0.1) is 5.82 Å². The van der Waals surface area contributed by atoms with Crippen LogP contribution in [0.25, 0.3) is 11.6 Å². The number of hydrogen-bond donors (Lipinski definition) is 1. The predicted octanol–water partition coefficient (Wildman–Crippen LogP) is 5.36. The van der Waals surface area contributed by atoms with Gasteiger partial charge < -0.3 is 19.9 Å². The number of rotatable bonds is 5. The number of nitrogens with zero attached hydrogens (tertiary/aromatic N) is 4. The lowest BCUT2D eigenvalue weighted by molar-refractivity contribution is 0.168. The van der Waals surface area contributed by atoms with E-state index >= 15 is 0 Å². The molecule has 2 aliphatic rings. The van der Waals surface area contributed by atoms with E-state index in [0.717, 1.165) is 33.8 Å². The van der Waals surface area contributed by atoms with Gasteiger partial charge in [0, 0.05) is 37.7 Å². The Morgan fingerprint density at radius 2 is 1.97 bits per heavy atom. The molecule has 1 aliphatic heterocycles. The minimum atomic E-state index is -0.251. The topological polar surface area (TPSA) is 70.6 Å². The van der Waals surface area contributed by atoms with Crippen molar-refractivity contribution in [2.75, 3.05) is 31.6 Å². The molecule has 0 unspecified atom stereocenters. The van der Waals surface area contributed by atoms with Crippen LogP contribution in [0.1, 0.15) is 42.3 Å². The Balaban J connectivity index is 1.27. The number of carbonyl (C=O) groups excluding carboxylic acids is 1. The monoisotopic (exact) mass is 521 g/mol. The molecule has 3 aromatic rings. The number of benzene rings is 2. The molecule has 2 heterocycles. The summed E-state index contributed by atoms with van der Waals surface area (Å²) in [5.41, 5.74) is 4.95. The van der Waals surface area contributed by atoms with Gasteiger partial charge in [-0.15, -0.1) is 0 Å². The van der Waals surface area contributed by atoms with Gasteiger partial charge in [0.05, 0.1) is 23.9 Å². The Bertz CT molecular complexity index is 1350. The number of halogens is 2. The van der Waals surface area contributed by atoms with E-state index in [1.807, 2.05) is 30.9 Å². The average molecular weight is 522 g/mol. The molecule has 1 N–H and O–H groups in total. The largest absolute Gasteiger partial charge is 0.495 e. The molecular weight excluding hydrogens is 493 g/mol. The van der Waals surface area contributed by atoms with Crippen molar-refractivity contribution in [1.82, 2.24) is 20.2 Å². The first-order chi connectivity index (χ1) is 17.8. The summed E-state index contributed by atoms with van der Waals surface area (Å²) < 4.78 is 18.7. The fourth-order valence-electron chi connectivity index (χ4n) is 4.97. The van der Waals surface area contributed by atoms with Crippen molar-refractivity contribution < 1.29 is 13.9 Å². The predicted molar refractivity (Wildman–Crippen MR) is 143 cm³/mol. The molecular formula is C28H29ClFN5O2. The highest BCUT2D eigenvalue weighted by molar-refractivity contribution is 6.32. The molecule has 0 saturated carbocycles. The maximum atomic E-state index is 13.4. The number of anilines is 1. The van der Waals surface area contributed by atoms with Gasteiger partial charge in [-0.05, 0) is 60.9 Å². The average Bonchev–Trinajstić information content (AvgIpc) is 3.33. The molecule has 2 amide bonds.